The average Bonchev–Trinajstić information content (AvgIpc) is 2.28. The van der Waals surface area contributed by atoms with Crippen molar-refractivity contribution in [2.75, 3.05) is 33.3 Å². The van der Waals surface area contributed by atoms with Crippen molar-refractivity contribution < 1.29 is 4.74 Å². The third-order valence-corrected chi connectivity index (χ3v) is 3.72. The molecule has 0 spiro atoms. The van der Waals surface area contributed by atoms with Crippen molar-refractivity contribution in [2.24, 2.45) is 5.73 Å². The van der Waals surface area contributed by atoms with Crippen LogP contribution in [0.3, 0.4) is 0 Å². The highest BCUT2D eigenvalue weighted by molar-refractivity contribution is 5.30. The highest BCUT2D eigenvalue weighted by Crippen LogP contribution is 2.32. The molecule has 2 aliphatic heterocycles. The fraction of sp³-hybridized carbons (Fsp3) is 0.667. The number of ether oxygens (including phenoxy) is 1. The number of hydrogen-bond acceptors (Lipinski definition) is 4. The first-order valence-corrected chi connectivity index (χ1v) is 6.01. The number of likely N-dealkylation sites (N-methyl/N-ethyl adjacent to an activating group) is 1. The molecule has 0 aromatic carbocycles. The lowest BCUT2D eigenvalue weighted by Crippen LogP contribution is -2.55. The van der Waals surface area contributed by atoms with Crippen LogP contribution in [0.5, 0.6) is 0 Å². The van der Waals surface area contributed by atoms with Crippen LogP contribution in [0.1, 0.15) is 12.8 Å². The maximum Gasteiger partial charge on any atom is 0.140 e. The lowest BCUT2D eigenvalue weighted by atomic mass is 10.0. The molecule has 1 saturated heterocycles. The molecule has 1 atom stereocenters. The minimum atomic E-state index is 0.533. The molecule has 4 nitrogen and oxygen atoms in total. The van der Waals surface area contributed by atoms with Gasteiger partial charge in [-0.2, -0.15) is 0 Å². The third-order valence-electron chi connectivity index (χ3n) is 3.72. The molecular formula is C12H19N3O. The number of fused-ring (bicyclic) bond motifs is 2. The summed E-state index contributed by atoms with van der Waals surface area (Å²) in [7, 11) is 2.18. The molecular weight excluding hydrogens is 202 g/mol. The lowest BCUT2D eigenvalue weighted by molar-refractivity contribution is 0.0271. The van der Waals surface area contributed by atoms with E-state index in [1.54, 1.807) is 0 Å². The Morgan fingerprint density at radius 3 is 3.12 bits per heavy atom. The Kier molecular flexibility index (Phi) is 2.32. The Labute approximate surface area is 96.3 Å². The first-order valence-electron chi connectivity index (χ1n) is 6.01. The van der Waals surface area contributed by atoms with Crippen LogP contribution in [0.15, 0.2) is 23.2 Å². The van der Waals surface area contributed by atoms with E-state index in [0.29, 0.717) is 6.04 Å². The van der Waals surface area contributed by atoms with Gasteiger partial charge in [-0.1, -0.05) is 0 Å². The van der Waals surface area contributed by atoms with Crippen molar-refractivity contribution in [1.82, 2.24) is 9.80 Å². The summed E-state index contributed by atoms with van der Waals surface area (Å²) >= 11 is 0. The summed E-state index contributed by atoms with van der Waals surface area (Å²) in [4.78, 5) is 4.91. The van der Waals surface area contributed by atoms with E-state index in [4.69, 9.17) is 10.5 Å². The Morgan fingerprint density at radius 2 is 2.25 bits per heavy atom. The summed E-state index contributed by atoms with van der Waals surface area (Å²) in [5.41, 5.74) is 8.18. The summed E-state index contributed by atoms with van der Waals surface area (Å²) < 4.78 is 5.82. The van der Waals surface area contributed by atoms with Crippen molar-refractivity contribution in [2.45, 2.75) is 18.9 Å². The second-order valence-electron chi connectivity index (χ2n) is 4.95. The molecule has 16 heavy (non-hydrogen) atoms. The molecule has 88 valence electrons. The van der Waals surface area contributed by atoms with Gasteiger partial charge in [0.15, 0.2) is 0 Å². The number of allylic oxidation sites excluding steroid dienone is 3. The van der Waals surface area contributed by atoms with Gasteiger partial charge in [0, 0.05) is 31.4 Å². The molecule has 3 rings (SSSR count). The molecule has 0 aromatic rings. The van der Waals surface area contributed by atoms with Gasteiger partial charge in [-0.15, -0.1) is 0 Å². The van der Waals surface area contributed by atoms with Crippen LogP contribution in [0, 0.1) is 0 Å². The SMILES string of the molecule is CN1CCN2C3=C(C=C(N)CC3)OC[C@@H]2C1. The van der Waals surface area contributed by atoms with Gasteiger partial charge in [0.1, 0.15) is 12.4 Å². The van der Waals surface area contributed by atoms with E-state index in [-0.39, 0.29) is 0 Å². The van der Waals surface area contributed by atoms with Crippen LogP contribution < -0.4 is 5.73 Å². The van der Waals surface area contributed by atoms with Gasteiger partial charge in [0.2, 0.25) is 0 Å². The fourth-order valence-electron chi connectivity index (χ4n) is 2.81. The number of piperazine rings is 1. The summed E-state index contributed by atoms with van der Waals surface area (Å²) in [6.07, 6.45) is 4.02. The molecule has 2 heterocycles. The number of nitrogens with zero attached hydrogens (tertiary/aromatic N) is 2. The quantitative estimate of drug-likeness (QED) is 0.646. The van der Waals surface area contributed by atoms with E-state index in [9.17, 15) is 0 Å². The van der Waals surface area contributed by atoms with Gasteiger partial charge in [0.05, 0.1) is 11.7 Å². The van der Waals surface area contributed by atoms with E-state index in [2.05, 4.69) is 16.8 Å². The zero-order valence-corrected chi connectivity index (χ0v) is 9.78. The number of hydrogen-bond donors (Lipinski definition) is 1. The van der Waals surface area contributed by atoms with Crippen LogP contribution in [0.4, 0.5) is 0 Å². The predicted octanol–water partition coefficient (Wildman–Crippen LogP) is 0.481. The van der Waals surface area contributed by atoms with E-state index >= 15 is 0 Å². The van der Waals surface area contributed by atoms with Gasteiger partial charge >= 0.3 is 0 Å². The van der Waals surface area contributed by atoms with Crippen molar-refractivity contribution in [3.05, 3.63) is 23.2 Å². The van der Waals surface area contributed by atoms with Crippen LogP contribution in [-0.2, 0) is 4.74 Å². The number of rotatable bonds is 0. The Balaban J connectivity index is 1.87. The smallest absolute Gasteiger partial charge is 0.140 e. The van der Waals surface area contributed by atoms with Crippen molar-refractivity contribution in [3.63, 3.8) is 0 Å². The second-order valence-corrected chi connectivity index (χ2v) is 4.95. The van der Waals surface area contributed by atoms with E-state index in [0.717, 1.165) is 50.5 Å². The van der Waals surface area contributed by atoms with E-state index in [1.807, 2.05) is 6.08 Å². The Hall–Kier alpha value is -1.16. The number of nitrogens with two attached hydrogens (primary N) is 1. The molecule has 0 saturated carbocycles. The average molecular weight is 221 g/mol. The third kappa shape index (κ3) is 1.57. The molecule has 1 fully saturated rings. The molecule has 4 heteroatoms. The first-order chi connectivity index (χ1) is 7.74. The van der Waals surface area contributed by atoms with Crippen LogP contribution in [-0.4, -0.2) is 49.1 Å². The standard InChI is InChI=1S/C12H19N3O/c1-14-4-5-15-10(7-14)8-16-12-6-9(13)2-3-11(12)15/h6,10H,2-5,7-8,13H2,1H3/t10-/m0/s1. The van der Waals surface area contributed by atoms with Gasteiger partial charge < -0.3 is 20.3 Å². The molecule has 1 aliphatic carbocycles. The van der Waals surface area contributed by atoms with Crippen molar-refractivity contribution >= 4 is 0 Å². The largest absolute Gasteiger partial charge is 0.490 e. The Morgan fingerprint density at radius 1 is 1.38 bits per heavy atom. The van der Waals surface area contributed by atoms with E-state index < -0.39 is 0 Å². The van der Waals surface area contributed by atoms with Gasteiger partial charge in [-0.25, -0.2) is 0 Å². The molecule has 0 aromatic heterocycles. The monoisotopic (exact) mass is 221 g/mol. The van der Waals surface area contributed by atoms with Gasteiger partial charge in [-0.05, 0) is 19.9 Å². The van der Waals surface area contributed by atoms with Crippen LogP contribution in [0.25, 0.3) is 0 Å². The van der Waals surface area contributed by atoms with Gasteiger partial charge in [-0.3, -0.25) is 0 Å². The lowest BCUT2D eigenvalue weighted by Gasteiger charge is -2.46. The second kappa shape index (κ2) is 3.70. The first kappa shape index (κ1) is 10.0. The molecule has 3 aliphatic rings. The van der Waals surface area contributed by atoms with Gasteiger partial charge in [0.25, 0.3) is 0 Å². The van der Waals surface area contributed by atoms with Crippen molar-refractivity contribution in [3.8, 4) is 0 Å². The molecule has 0 amide bonds. The highest BCUT2D eigenvalue weighted by Gasteiger charge is 2.33. The maximum atomic E-state index is 5.85. The zero-order chi connectivity index (χ0) is 11.1. The van der Waals surface area contributed by atoms with Crippen LogP contribution in [0.2, 0.25) is 0 Å². The summed E-state index contributed by atoms with van der Waals surface area (Å²) in [6, 6.07) is 0.533. The Bertz CT molecular complexity index is 361. The van der Waals surface area contributed by atoms with Crippen LogP contribution >= 0.6 is 0 Å². The zero-order valence-electron chi connectivity index (χ0n) is 9.78. The summed E-state index contributed by atoms with van der Waals surface area (Å²) in [6.45, 7) is 4.17. The maximum absolute atomic E-state index is 5.85. The van der Waals surface area contributed by atoms with Crippen molar-refractivity contribution in [1.29, 1.82) is 0 Å². The highest BCUT2D eigenvalue weighted by atomic mass is 16.5. The summed E-state index contributed by atoms with van der Waals surface area (Å²) in [5, 5.41) is 0. The molecule has 2 N–H and O–H groups in total. The minimum Gasteiger partial charge on any atom is -0.490 e. The minimum absolute atomic E-state index is 0.533. The normalized spacial score (nSPS) is 30.4. The fourth-order valence-corrected chi connectivity index (χ4v) is 2.81. The molecule has 0 bridgehead atoms. The molecule has 0 unspecified atom stereocenters. The summed E-state index contributed by atoms with van der Waals surface area (Å²) in [5.74, 6) is 1.02. The molecule has 0 radical (unpaired) electrons. The van der Waals surface area contributed by atoms with E-state index in [1.165, 1.54) is 5.70 Å². The topological polar surface area (TPSA) is 41.7 Å². The predicted molar refractivity (Wildman–Crippen MR) is 62.5 cm³/mol.